The highest BCUT2D eigenvalue weighted by molar-refractivity contribution is 5.82. The Balaban J connectivity index is 2.46. The van der Waals surface area contributed by atoms with Crippen LogP contribution in [0, 0.1) is 5.92 Å². The van der Waals surface area contributed by atoms with Crippen LogP contribution in [0.15, 0.2) is 0 Å². The lowest BCUT2D eigenvalue weighted by Crippen LogP contribution is -2.44. The zero-order chi connectivity index (χ0) is 12.1. The van der Waals surface area contributed by atoms with Gasteiger partial charge in [-0.3, -0.25) is 9.59 Å². The summed E-state index contributed by atoms with van der Waals surface area (Å²) in [4.78, 5) is 22.3. The highest BCUT2D eigenvalue weighted by Gasteiger charge is 2.27. The van der Waals surface area contributed by atoms with E-state index in [4.69, 9.17) is 9.84 Å². The van der Waals surface area contributed by atoms with Crippen molar-refractivity contribution in [1.82, 2.24) is 5.32 Å². The molecule has 1 fully saturated rings. The lowest BCUT2D eigenvalue weighted by molar-refractivity contribution is -0.138. The van der Waals surface area contributed by atoms with Crippen molar-refractivity contribution in [2.75, 3.05) is 6.61 Å². The first kappa shape index (κ1) is 13.0. The van der Waals surface area contributed by atoms with Gasteiger partial charge in [-0.25, -0.2) is 0 Å². The number of carbonyl (C=O) groups is 2. The number of ether oxygens (including phenoxy) is 1. The Morgan fingerprint density at radius 1 is 1.50 bits per heavy atom. The maximum Gasteiger partial charge on any atom is 0.305 e. The SMILES string of the molecule is CC(C)C(CC(=O)O)NC(=O)[C@H]1CCCO1. The summed E-state index contributed by atoms with van der Waals surface area (Å²) >= 11 is 0. The normalized spacial score (nSPS) is 22.1. The molecule has 1 unspecified atom stereocenters. The fraction of sp³-hybridized carbons (Fsp3) is 0.818. The average molecular weight is 229 g/mol. The minimum atomic E-state index is -0.897. The Bertz CT molecular complexity index is 259. The molecule has 1 rings (SSSR count). The van der Waals surface area contributed by atoms with Gasteiger partial charge >= 0.3 is 5.97 Å². The number of nitrogens with one attached hydrogen (secondary N) is 1. The van der Waals surface area contributed by atoms with Crippen molar-refractivity contribution in [2.24, 2.45) is 5.92 Å². The zero-order valence-corrected chi connectivity index (χ0v) is 9.73. The molecule has 2 N–H and O–H groups in total. The second-order valence-corrected chi connectivity index (χ2v) is 4.46. The monoisotopic (exact) mass is 229 g/mol. The smallest absolute Gasteiger partial charge is 0.305 e. The van der Waals surface area contributed by atoms with Crippen molar-refractivity contribution in [3.05, 3.63) is 0 Å². The number of carboxylic acid groups (broad SMARTS) is 1. The van der Waals surface area contributed by atoms with Gasteiger partial charge in [0.15, 0.2) is 0 Å². The molecule has 0 aromatic heterocycles. The van der Waals surface area contributed by atoms with Gasteiger partial charge < -0.3 is 15.2 Å². The van der Waals surface area contributed by atoms with E-state index in [1.54, 1.807) is 0 Å². The zero-order valence-electron chi connectivity index (χ0n) is 9.73. The van der Waals surface area contributed by atoms with Crippen LogP contribution < -0.4 is 5.32 Å². The molecule has 0 radical (unpaired) electrons. The van der Waals surface area contributed by atoms with Crippen molar-refractivity contribution in [3.8, 4) is 0 Å². The third-order valence-electron chi connectivity index (χ3n) is 2.75. The van der Waals surface area contributed by atoms with Gasteiger partial charge in [0, 0.05) is 12.6 Å². The Morgan fingerprint density at radius 3 is 2.62 bits per heavy atom. The molecule has 0 aliphatic carbocycles. The van der Waals surface area contributed by atoms with E-state index < -0.39 is 12.1 Å². The van der Waals surface area contributed by atoms with Crippen LogP contribution in [0.5, 0.6) is 0 Å². The molecule has 0 aromatic carbocycles. The van der Waals surface area contributed by atoms with E-state index in [1.165, 1.54) is 0 Å². The largest absolute Gasteiger partial charge is 0.481 e. The quantitative estimate of drug-likeness (QED) is 0.730. The molecule has 1 aliphatic rings. The van der Waals surface area contributed by atoms with Crippen LogP contribution in [0.2, 0.25) is 0 Å². The molecular formula is C11H19NO4. The minimum absolute atomic E-state index is 0.0455. The first-order chi connectivity index (χ1) is 7.50. The first-order valence-electron chi connectivity index (χ1n) is 5.64. The predicted molar refractivity (Wildman–Crippen MR) is 58.0 cm³/mol. The second kappa shape index (κ2) is 5.84. The predicted octanol–water partition coefficient (Wildman–Crippen LogP) is 0.781. The number of hydrogen-bond acceptors (Lipinski definition) is 3. The van der Waals surface area contributed by atoms with E-state index >= 15 is 0 Å². The van der Waals surface area contributed by atoms with Gasteiger partial charge in [-0.1, -0.05) is 13.8 Å². The Kier molecular flexibility index (Phi) is 4.73. The third-order valence-corrected chi connectivity index (χ3v) is 2.75. The molecule has 1 amide bonds. The van der Waals surface area contributed by atoms with E-state index in [0.29, 0.717) is 6.61 Å². The molecule has 1 aliphatic heterocycles. The van der Waals surface area contributed by atoms with Gasteiger partial charge in [0.05, 0.1) is 6.42 Å². The van der Waals surface area contributed by atoms with Gasteiger partial charge in [-0.2, -0.15) is 0 Å². The fourth-order valence-corrected chi connectivity index (χ4v) is 1.70. The van der Waals surface area contributed by atoms with Gasteiger partial charge in [0.25, 0.3) is 0 Å². The van der Waals surface area contributed by atoms with Crippen molar-refractivity contribution < 1.29 is 19.4 Å². The molecular weight excluding hydrogens is 210 g/mol. The fourth-order valence-electron chi connectivity index (χ4n) is 1.70. The highest BCUT2D eigenvalue weighted by atomic mass is 16.5. The topological polar surface area (TPSA) is 75.6 Å². The van der Waals surface area contributed by atoms with Crippen molar-refractivity contribution in [3.63, 3.8) is 0 Å². The lowest BCUT2D eigenvalue weighted by Gasteiger charge is -2.22. The maximum absolute atomic E-state index is 11.7. The van der Waals surface area contributed by atoms with Crippen molar-refractivity contribution in [1.29, 1.82) is 0 Å². The van der Waals surface area contributed by atoms with Crippen LogP contribution >= 0.6 is 0 Å². The summed E-state index contributed by atoms with van der Waals surface area (Å²) in [6.07, 6.45) is 1.18. The highest BCUT2D eigenvalue weighted by Crippen LogP contribution is 2.13. The van der Waals surface area contributed by atoms with Gasteiger partial charge in [-0.15, -0.1) is 0 Å². The van der Waals surface area contributed by atoms with Crippen LogP contribution in [-0.4, -0.2) is 35.7 Å². The number of carbonyl (C=O) groups excluding carboxylic acids is 1. The van der Waals surface area contributed by atoms with Crippen LogP contribution in [-0.2, 0) is 14.3 Å². The number of rotatable bonds is 5. The van der Waals surface area contributed by atoms with Crippen LogP contribution in [0.4, 0.5) is 0 Å². The number of hydrogen-bond donors (Lipinski definition) is 2. The molecule has 0 saturated carbocycles. The molecule has 2 atom stereocenters. The summed E-state index contributed by atoms with van der Waals surface area (Å²) in [5.74, 6) is -0.981. The van der Waals surface area contributed by atoms with Crippen LogP contribution in [0.25, 0.3) is 0 Å². The van der Waals surface area contributed by atoms with Crippen LogP contribution in [0.1, 0.15) is 33.1 Å². The van der Waals surface area contributed by atoms with Crippen LogP contribution in [0.3, 0.4) is 0 Å². The second-order valence-electron chi connectivity index (χ2n) is 4.46. The van der Waals surface area contributed by atoms with Gasteiger partial charge in [0.2, 0.25) is 5.91 Å². The Morgan fingerprint density at radius 2 is 2.19 bits per heavy atom. The molecule has 92 valence electrons. The average Bonchev–Trinajstić information content (AvgIpc) is 2.68. The minimum Gasteiger partial charge on any atom is -0.481 e. The molecule has 1 saturated heterocycles. The van der Waals surface area contributed by atoms with Gasteiger partial charge in [-0.05, 0) is 18.8 Å². The molecule has 16 heavy (non-hydrogen) atoms. The van der Waals surface area contributed by atoms with Crippen molar-refractivity contribution in [2.45, 2.75) is 45.3 Å². The number of carboxylic acids is 1. The third kappa shape index (κ3) is 3.81. The Labute approximate surface area is 95.2 Å². The molecule has 0 bridgehead atoms. The summed E-state index contributed by atoms with van der Waals surface area (Å²) in [5.41, 5.74) is 0. The van der Waals surface area contributed by atoms with E-state index in [9.17, 15) is 9.59 Å². The van der Waals surface area contributed by atoms with E-state index in [1.807, 2.05) is 13.8 Å². The maximum atomic E-state index is 11.7. The van der Waals surface area contributed by atoms with E-state index in [-0.39, 0.29) is 24.3 Å². The number of amides is 1. The first-order valence-corrected chi connectivity index (χ1v) is 5.64. The van der Waals surface area contributed by atoms with Gasteiger partial charge in [0.1, 0.15) is 6.10 Å². The summed E-state index contributed by atoms with van der Waals surface area (Å²) in [6.45, 7) is 4.40. The molecule has 5 heteroatoms. The summed E-state index contributed by atoms with van der Waals surface area (Å²) in [6, 6.07) is -0.325. The molecule has 1 heterocycles. The molecule has 5 nitrogen and oxygen atoms in total. The summed E-state index contributed by atoms with van der Waals surface area (Å²) in [5, 5.41) is 11.5. The summed E-state index contributed by atoms with van der Waals surface area (Å²) in [7, 11) is 0. The van der Waals surface area contributed by atoms with E-state index in [0.717, 1.165) is 12.8 Å². The summed E-state index contributed by atoms with van der Waals surface area (Å²) < 4.78 is 5.24. The number of aliphatic carboxylic acids is 1. The lowest BCUT2D eigenvalue weighted by atomic mass is 10.0. The standard InChI is InChI=1S/C11H19NO4/c1-7(2)8(6-10(13)14)12-11(15)9-4-3-5-16-9/h7-9H,3-6H2,1-2H3,(H,12,15)(H,13,14)/t8?,9-/m1/s1. The van der Waals surface area contributed by atoms with E-state index in [2.05, 4.69) is 5.32 Å². The molecule has 0 aromatic rings. The Hall–Kier alpha value is -1.10. The van der Waals surface area contributed by atoms with Crippen molar-refractivity contribution >= 4 is 11.9 Å². The molecule has 0 spiro atoms.